The number of anilines is 1. The van der Waals surface area contributed by atoms with Crippen molar-refractivity contribution in [2.75, 3.05) is 5.73 Å². The Morgan fingerprint density at radius 2 is 2.00 bits per heavy atom. The summed E-state index contributed by atoms with van der Waals surface area (Å²) in [7, 11) is 0. The van der Waals surface area contributed by atoms with Crippen molar-refractivity contribution in [3.63, 3.8) is 0 Å². The number of ketones is 1. The van der Waals surface area contributed by atoms with Crippen molar-refractivity contribution in [2.45, 2.75) is 19.9 Å². The van der Waals surface area contributed by atoms with Crippen LogP contribution in [-0.2, 0) is 6.54 Å². The van der Waals surface area contributed by atoms with Crippen LogP contribution < -0.4 is 5.73 Å². The van der Waals surface area contributed by atoms with Crippen molar-refractivity contribution in [3.05, 3.63) is 45.7 Å². The Kier molecular flexibility index (Phi) is 4.12. The standard InChI is InChI=1S/C13H13Cl2N3O/c1-2-5-18-11(3-4-17-18)13(19)8-6-9(14)12(16)10(15)7-8/h3-4,6-7H,2,5,16H2,1H3. The zero-order chi connectivity index (χ0) is 14.0. The molecular weight excluding hydrogens is 285 g/mol. The quantitative estimate of drug-likeness (QED) is 0.695. The fourth-order valence-electron chi connectivity index (χ4n) is 1.78. The van der Waals surface area contributed by atoms with Gasteiger partial charge in [0.2, 0.25) is 5.78 Å². The van der Waals surface area contributed by atoms with E-state index in [1.165, 1.54) is 12.1 Å². The van der Waals surface area contributed by atoms with Crippen molar-refractivity contribution in [2.24, 2.45) is 0 Å². The number of benzene rings is 1. The van der Waals surface area contributed by atoms with Gasteiger partial charge in [-0.3, -0.25) is 9.48 Å². The molecule has 0 bridgehead atoms. The van der Waals surface area contributed by atoms with E-state index < -0.39 is 0 Å². The average Bonchev–Trinajstić information content (AvgIpc) is 2.83. The van der Waals surface area contributed by atoms with Gasteiger partial charge in [0.15, 0.2) is 0 Å². The molecule has 1 aromatic heterocycles. The summed E-state index contributed by atoms with van der Waals surface area (Å²) in [4.78, 5) is 12.4. The van der Waals surface area contributed by atoms with Gasteiger partial charge in [-0.05, 0) is 24.6 Å². The van der Waals surface area contributed by atoms with Crippen LogP contribution in [0, 0.1) is 0 Å². The topological polar surface area (TPSA) is 60.9 Å². The molecular formula is C13H13Cl2N3O. The average molecular weight is 298 g/mol. The van der Waals surface area contributed by atoms with Crippen LogP contribution in [0.4, 0.5) is 5.69 Å². The molecule has 2 aromatic rings. The maximum Gasteiger partial charge on any atom is 0.211 e. The van der Waals surface area contributed by atoms with Crippen molar-refractivity contribution >= 4 is 34.7 Å². The van der Waals surface area contributed by atoms with Crippen molar-refractivity contribution in [1.82, 2.24) is 9.78 Å². The van der Waals surface area contributed by atoms with E-state index in [0.29, 0.717) is 17.8 Å². The number of nitrogens with zero attached hydrogens (tertiary/aromatic N) is 2. The van der Waals surface area contributed by atoms with E-state index in [-0.39, 0.29) is 21.5 Å². The molecule has 0 aliphatic heterocycles. The number of rotatable bonds is 4. The van der Waals surface area contributed by atoms with Crippen molar-refractivity contribution < 1.29 is 4.79 Å². The smallest absolute Gasteiger partial charge is 0.211 e. The maximum absolute atomic E-state index is 12.4. The summed E-state index contributed by atoms with van der Waals surface area (Å²) in [5, 5.41) is 4.67. The number of nitrogen functional groups attached to an aromatic ring is 1. The van der Waals surface area contributed by atoms with Gasteiger partial charge in [-0.1, -0.05) is 30.1 Å². The Bertz CT molecular complexity index is 599. The molecule has 0 amide bonds. The Balaban J connectivity index is 2.41. The first-order valence-electron chi connectivity index (χ1n) is 5.85. The molecule has 0 saturated heterocycles. The summed E-state index contributed by atoms with van der Waals surface area (Å²) in [5.74, 6) is -0.172. The zero-order valence-electron chi connectivity index (χ0n) is 10.4. The third kappa shape index (κ3) is 2.74. The predicted octanol–water partition coefficient (Wildman–Crippen LogP) is 3.41. The minimum atomic E-state index is -0.172. The monoisotopic (exact) mass is 297 g/mol. The molecule has 0 fully saturated rings. The number of halogens is 2. The molecule has 0 radical (unpaired) electrons. The van der Waals surface area contributed by atoms with E-state index in [2.05, 4.69) is 5.10 Å². The van der Waals surface area contributed by atoms with Crippen LogP contribution in [0.15, 0.2) is 24.4 Å². The number of carbonyl (C=O) groups excluding carboxylic acids is 1. The van der Waals surface area contributed by atoms with Crippen LogP contribution in [0.25, 0.3) is 0 Å². The summed E-state index contributed by atoms with van der Waals surface area (Å²) in [5.41, 5.74) is 6.85. The van der Waals surface area contributed by atoms with Gasteiger partial charge in [-0.15, -0.1) is 0 Å². The van der Waals surface area contributed by atoms with Gasteiger partial charge in [0.25, 0.3) is 0 Å². The SMILES string of the molecule is CCCn1nccc1C(=O)c1cc(Cl)c(N)c(Cl)c1. The third-order valence-electron chi connectivity index (χ3n) is 2.73. The second-order valence-electron chi connectivity index (χ2n) is 4.12. The number of nitrogens with two attached hydrogens (primary N) is 1. The van der Waals surface area contributed by atoms with E-state index in [9.17, 15) is 4.79 Å². The first-order chi connectivity index (χ1) is 9.04. The second-order valence-corrected chi connectivity index (χ2v) is 4.94. The lowest BCUT2D eigenvalue weighted by molar-refractivity contribution is 0.102. The highest BCUT2D eigenvalue weighted by Crippen LogP contribution is 2.29. The highest BCUT2D eigenvalue weighted by Gasteiger charge is 2.16. The molecule has 1 heterocycles. The molecule has 100 valence electrons. The van der Waals surface area contributed by atoms with Crippen LogP contribution >= 0.6 is 23.2 Å². The van der Waals surface area contributed by atoms with Crippen LogP contribution in [0.5, 0.6) is 0 Å². The number of hydrogen-bond donors (Lipinski definition) is 1. The fourth-order valence-corrected chi connectivity index (χ4v) is 2.27. The Morgan fingerprint density at radius 3 is 2.58 bits per heavy atom. The Hall–Kier alpha value is -1.52. The molecule has 1 aromatic carbocycles. The van der Waals surface area contributed by atoms with Crippen molar-refractivity contribution in [1.29, 1.82) is 0 Å². The largest absolute Gasteiger partial charge is 0.396 e. The van der Waals surface area contributed by atoms with Crippen LogP contribution in [0.2, 0.25) is 10.0 Å². The molecule has 0 atom stereocenters. The third-order valence-corrected chi connectivity index (χ3v) is 3.35. The van der Waals surface area contributed by atoms with Gasteiger partial charge in [0.1, 0.15) is 5.69 Å². The van der Waals surface area contributed by atoms with E-state index in [1.807, 2.05) is 6.92 Å². The van der Waals surface area contributed by atoms with Crippen molar-refractivity contribution in [3.8, 4) is 0 Å². The molecule has 0 saturated carbocycles. The number of carbonyl (C=O) groups is 1. The van der Waals surface area contributed by atoms with Crippen LogP contribution in [0.3, 0.4) is 0 Å². The van der Waals surface area contributed by atoms with Gasteiger partial charge in [-0.2, -0.15) is 5.10 Å². The molecule has 4 nitrogen and oxygen atoms in total. The molecule has 0 unspecified atom stereocenters. The fraction of sp³-hybridized carbons (Fsp3) is 0.231. The molecule has 0 aliphatic rings. The minimum absolute atomic E-state index is 0.172. The molecule has 2 N–H and O–H groups in total. The second kappa shape index (κ2) is 5.63. The molecule has 2 rings (SSSR count). The molecule has 19 heavy (non-hydrogen) atoms. The Morgan fingerprint density at radius 1 is 1.37 bits per heavy atom. The van der Waals surface area contributed by atoms with Gasteiger partial charge in [-0.25, -0.2) is 0 Å². The van der Waals surface area contributed by atoms with Gasteiger partial charge in [0, 0.05) is 18.3 Å². The number of aromatic nitrogens is 2. The van der Waals surface area contributed by atoms with E-state index in [1.54, 1.807) is 16.9 Å². The van der Waals surface area contributed by atoms with Gasteiger partial charge < -0.3 is 5.73 Å². The summed E-state index contributed by atoms with van der Waals surface area (Å²) in [6.45, 7) is 2.71. The van der Waals surface area contributed by atoms with E-state index >= 15 is 0 Å². The summed E-state index contributed by atoms with van der Waals surface area (Å²) in [6, 6.07) is 4.72. The molecule has 0 aliphatic carbocycles. The minimum Gasteiger partial charge on any atom is -0.396 e. The summed E-state index contributed by atoms with van der Waals surface area (Å²) < 4.78 is 1.67. The van der Waals surface area contributed by atoms with Gasteiger partial charge >= 0.3 is 0 Å². The van der Waals surface area contributed by atoms with Crippen LogP contribution in [-0.4, -0.2) is 15.6 Å². The zero-order valence-corrected chi connectivity index (χ0v) is 11.9. The number of hydrogen-bond acceptors (Lipinski definition) is 3. The van der Waals surface area contributed by atoms with E-state index in [0.717, 1.165) is 6.42 Å². The first kappa shape index (κ1) is 13.9. The van der Waals surface area contributed by atoms with Crippen LogP contribution in [0.1, 0.15) is 29.4 Å². The van der Waals surface area contributed by atoms with Gasteiger partial charge in [0.05, 0.1) is 15.7 Å². The summed E-state index contributed by atoms with van der Waals surface area (Å²) in [6.07, 6.45) is 2.49. The summed E-state index contributed by atoms with van der Waals surface area (Å²) >= 11 is 11.9. The molecule has 0 spiro atoms. The van der Waals surface area contributed by atoms with E-state index in [4.69, 9.17) is 28.9 Å². The highest BCUT2D eigenvalue weighted by atomic mass is 35.5. The number of aryl methyl sites for hydroxylation is 1. The lowest BCUT2D eigenvalue weighted by Crippen LogP contribution is -2.11. The maximum atomic E-state index is 12.4. The Labute approximate surface area is 121 Å². The predicted molar refractivity (Wildman–Crippen MR) is 76.8 cm³/mol. The lowest BCUT2D eigenvalue weighted by atomic mass is 10.1. The normalized spacial score (nSPS) is 10.7. The highest BCUT2D eigenvalue weighted by molar-refractivity contribution is 6.39. The lowest BCUT2D eigenvalue weighted by Gasteiger charge is -2.07. The first-order valence-corrected chi connectivity index (χ1v) is 6.61. The molecule has 6 heteroatoms.